The molecule has 2 aromatic carbocycles. The van der Waals surface area contributed by atoms with Gasteiger partial charge in [-0.3, -0.25) is 0 Å². The second-order valence-electron chi connectivity index (χ2n) is 4.74. The molecule has 0 aliphatic heterocycles. The first-order valence-corrected chi connectivity index (χ1v) is 7.40. The van der Waals surface area contributed by atoms with Crippen LogP contribution >= 0.6 is 15.9 Å². The highest BCUT2D eigenvalue weighted by Gasteiger charge is 2.29. The van der Waals surface area contributed by atoms with Gasteiger partial charge in [0.2, 0.25) is 0 Å². The minimum absolute atomic E-state index is 0.0587. The summed E-state index contributed by atoms with van der Waals surface area (Å²) < 4.78 is 49.1. The van der Waals surface area contributed by atoms with Crippen LogP contribution in [0.25, 0.3) is 0 Å². The van der Waals surface area contributed by atoms with Crippen LogP contribution in [0.4, 0.5) is 13.2 Å². The Balaban J connectivity index is 2.18. The van der Waals surface area contributed by atoms with Crippen LogP contribution in [-0.4, -0.2) is 12.2 Å². The lowest BCUT2D eigenvalue weighted by Crippen LogP contribution is -2.05. The third-order valence-electron chi connectivity index (χ3n) is 3.15. The zero-order valence-corrected chi connectivity index (χ0v) is 13.7. The molecular formula is C16H14BrF3O3. The number of hydrogen-bond donors (Lipinski definition) is 1. The molecule has 2 rings (SSSR count). The summed E-state index contributed by atoms with van der Waals surface area (Å²) in [5, 5.41) is 9.40. The van der Waals surface area contributed by atoms with Crippen LogP contribution in [0.3, 0.4) is 0 Å². The molecule has 0 amide bonds. The molecule has 0 atom stereocenters. The van der Waals surface area contributed by atoms with Crippen molar-refractivity contribution in [2.45, 2.75) is 19.4 Å². The molecule has 0 aromatic heterocycles. The Morgan fingerprint density at radius 1 is 1.13 bits per heavy atom. The third kappa shape index (κ3) is 4.39. The summed E-state index contributed by atoms with van der Waals surface area (Å²) in [6.45, 7) is -0.193. The van der Waals surface area contributed by atoms with Crippen molar-refractivity contribution in [2.75, 3.05) is 7.11 Å². The molecule has 0 saturated carbocycles. The second kappa shape index (κ2) is 7.23. The van der Waals surface area contributed by atoms with Crippen molar-refractivity contribution in [1.29, 1.82) is 0 Å². The molecule has 2 aromatic rings. The molecule has 0 fully saturated rings. The van der Waals surface area contributed by atoms with Crippen molar-refractivity contribution in [3.8, 4) is 11.5 Å². The SMILES string of the molecule is COc1cc(Br)cc(CO)c1OCc1ccc(C(F)(F)F)cc1. The van der Waals surface area contributed by atoms with E-state index in [-0.39, 0.29) is 13.2 Å². The Morgan fingerprint density at radius 3 is 2.30 bits per heavy atom. The molecule has 0 bridgehead atoms. The van der Waals surface area contributed by atoms with Crippen LogP contribution in [0.5, 0.6) is 11.5 Å². The van der Waals surface area contributed by atoms with Crippen molar-refractivity contribution in [2.24, 2.45) is 0 Å². The first-order valence-electron chi connectivity index (χ1n) is 6.61. The summed E-state index contributed by atoms with van der Waals surface area (Å²) in [4.78, 5) is 0. The van der Waals surface area contributed by atoms with Gasteiger partial charge in [-0.2, -0.15) is 13.2 Å². The average Bonchev–Trinajstić information content (AvgIpc) is 2.52. The second-order valence-corrected chi connectivity index (χ2v) is 5.65. The molecule has 0 spiro atoms. The fourth-order valence-electron chi connectivity index (χ4n) is 2.00. The van der Waals surface area contributed by atoms with Crippen molar-refractivity contribution in [3.63, 3.8) is 0 Å². The number of methoxy groups -OCH3 is 1. The molecule has 23 heavy (non-hydrogen) atoms. The average molecular weight is 391 g/mol. The molecule has 0 heterocycles. The number of rotatable bonds is 5. The largest absolute Gasteiger partial charge is 0.493 e. The van der Waals surface area contributed by atoms with E-state index in [1.54, 1.807) is 12.1 Å². The predicted octanol–water partition coefficient (Wildman–Crippen LogP) is 4.55. The van der Waals surface area contributed by atoms with E-state index in [0.717, 1.165) is 16.6 Å². The monoisotopic (exact) mass is 390 g/mol. The Kier molecular flexibility index (Phi) is 5.54. The molecule has 124 valence electrons. The maximum atomic E-state index is 12.5. The van der Waals surface area contributed by atoms with Crippen LogP contribution in [0.2, 0.25) is 0 Å². The van der Waals surface area contributed by atoms with E-state index in [1.165, 1.54) is 19.2 Å². The van der Waals surface area contributed by atoms with Crippen molar-refractivity contribution >= 4 is 15.9 Å². The van der Waals surface area contributed by atoms with E-state index in [4.69, 9.17) is 9.47 Å². The summed E-state index contributed by atoms with van der Waals surface area (Å²) in [5.74, 6) is 0.786. The fraction of sp³-hybridized carbons (Fsp3) is 0.250. The van der Waals surface area contributed by atoms with Crippen LogP contribution in [-0.2, 0) is 19.4 Å². The van der Waals surface area contributed by atoms with Crippen LogP contribution in [0.15, 0.2) is 40.9 Å². The lowest BCUT2D eigenvalue weighted by molar-refractivity contribution is -0.137. The minimum atomic E-state index is -4.36. The first-order chi connectivity index (χ1) is 10.8. The Hall–Kier alpha value is -1.73. The standard InChI is InChI=1S/C16H14BrF3O3/c1-22-14-7-13(17)6-11(8-21)15(14)23-9-10-2-4-12(5-3-10)16(18,19)20/h2-7,21H,8-9H2,1H3. The molecule has 0 saturated heterocycles. The lowest BCUT2D eigenvalue weighted by atomic mass is 10.1. The van der Waals surface area contributed by atoms with Crippen molar-refractivity contribution < 1.29 is 27.8 Å². The van der Waals surface area contributed by atoms with E-state index in [9.17, 15) is 18.3 Å². The van der Waals surface area contributed by atoms with Gasteiger partial charge >= 0.3 is 6.18 Å². The van der Waals surface area contributed by atoms with Gasteiger partial charge in [0.25, 0.3) is 0 Å². The number of alkyl halides is 3. The van der Waals surface area contributed by atoms with E-state index < -0.39 is 11.7 Å². The third-order valence-corrected chi connectivity index (χ3v) is 3.61. The summed E-state index contributed by atoms with van der Waals surface area (Å²) in [6, 6.07) is 8.08. The molecule has 3 nitrogen and oxygen atoms in total. The van der Waals surface area contributed by atoms with Crippen LogP contribution < -0.4 is 9.47 Å². The topological polar surface area (TPSA) is 38.7 Å². The van der Waals surface area contributed by atoms with E-state index >= 15 is 0 Å². The van der Waals surface area contributed by atoms with E-state index in [1.807, 2.05) is 0 Å². The van der Waals surface area contributed by atoms with Gasteiger partial charge in [-0.25, -0.2) is 0 Å². The predicted molar refractivity (Wildman–Crippen MR) is 82.4 cm³/mol. The maximum absolute atomic E-state index is 12.5. The van der Waals surface area contributed by atoms with Gasteiger partial charge in [-0.1, -0.05) is 28.1 Å². The first kappa shape index (κ1) is 17.6. The zero-order chi connectivity index (χ0) is 17.0. The van der Waals surface area contributed by atoms with Crippen molar-refractivity contribution in [3.05, 3.63) is 57.6 Å². The minimum Gasteiger partial charge on any atom is -0.493 e. The molecule has 0 aliphatic rings. The highest BCUT2D eigenvalue weighted by molar-refractivity contribution is 9.10. The molecule has 7 heteroatoms. The van der Waals surface area contributed by atoms with E-state index in [0.29, 0.717) is 22.6 Å². The quantitative estimate of drug-likeness (QED) is 0.813. The van der Waals surface area contributed by atoms with Crippen LogP contribution in [0.1, 0.15) is 16.7 Å². The Labute approximate surface area is 139 Å². The Morgan fingerprint density at radius 2 is 1.78 bits per heavy atom. The summed E-state index contributed by atoms with van der Waals surface area (Å²) >= 11 is 3.30. The maximum Gasteiger partial charge on any atom is 0.416 e. The van der Waals surface area contributed by atoms with Gasteiger partial charge in [0.05, 0.1) is 19.3 Å². The summed E-state index contributed by atoms with van der Waals surface area (Å²) in [6.07, 6.45) is -4.36. The van der Waals surface area contributed by atoms with Gasteiger partial charge < -0.3 is 14.6 Å². The van der Waals surface area contributed by atoms with Gasteiger partial charge in [-0.05, 0) is 29.8 Å². The highest BCUT2D eigenvalue weighted by Crippen LogP contribution is 2.35. The number of halogens is 4. The lowest BCUT2D eigenvalue weighted by Gasteiger charge is -2.15. The molecule has 1 N–H and O–H groups in total. The number of benzene rings is 2. The zero-order valence-electron chi connectivity index (χ0n) is 12.2. The Bertz CT molecular complexity index is 644. The summed E-state index contributed by atoms with van der Waals surface area (Å²) in [5.41, 5.74) is 0.383. The van der Waals surface area contributed by atoms with Gasteiger partial charge in [0, 0.05) is 10.0 Å². The molecule has 0 aliphatic carbocycles. The van der Waals surface area contributed by atoms with Crippen molar-refractivity contribution in [1.82, 2.24) is 0 Å². The number of hydrogen-bond acceptors (Lipinski definition) is 3. The normalized spacial score (nSPS) is 11.4. The van der Waals surface area contributed by atoms with Gasteiger partial charge in [0.1, 0.15) is 6.61 Å². The number of aliphatic hydroxyl groups excluding tert-OH is 1. The van der Waals surface area contributed by atoms with Gasteiger partial charge in [0.15, 0.2) is 11.5 Å². The number of aliphatic hydroxyl groups is 1. The highest BCUT2D eigenvalue weighted by atomic mass is 79.9. The van der Waals surface area contributed by atoms with Gasteiger partial charge in [-0.15, -0.1) is 0 Å². The fourth-order valence-corrected chi connectivity index (χ4v) is 2.49. The van der Waals surface area contributed by atoms with Crippen LogP contribution in [0, 0.1) is 0 Å². The number of ether oxygens (including phenoxy) is 2. The molecular weight excluding hydrogens is 377 g/mol. The summed E-state index contributed by atoms with van der Waals surface area (Å²) in [7, 11) is 1.47. The molecule has 0 unspecified atom stereocenters. The molecule has 0 radical (unpaired) electrons. The van der Waals surface area contributed by atoms with E-state index in [2.05, 4.69) is 15.9 Å². The smallest absolute Gasteiger partial charge is 0.416 e.